The molecule has 5 nitrogen and oxygen atoms in total. The zero-order chi connectivity index (χ0) is 12.7. The van der Waals surface area contributed by atoms with Crippen molar-refractivity contribution in [2.75, 3.05) is 6.54 Å². The molecule has 0 spiro atoms. The molecule has 0 aliphatic carbocycles. The molecule has 1 aliphatic rings. The van der Waals surface area contributed by atoms with Gasteiger partial charge in [-0.25, -0.2) is 4.79 Å². The van der Waals surface area contributed by atoms with Gasteiger partial charge in [0.1, 0.15) is 6.04 Å². The van der Waals surface area contributed by atoms with Gasteiger partial charge >= 0.3 is 5.97 Å². The van der Waals surface area contributed by atoms with Crippen molar-refractivity contribution in [1.29, 1.82) is 0 Å². The number of nitrogens with zero attached hydrogens (tertiary/aromatic N) is 1. The van der Waals surface area contributed by atoms with Crippen LogP contribution in [0.5, 0.6) is 0 Å². The summed E-state index contributed by atoms with van der Waals surface area (Å²) in [5.74, 6) is -1.71. The number of β-amino-alcohol motifs (C(OH)–C–C–N with tert-alkyl or cyclic N) is 1. The molecule has 0 radical (unpaired) electrons. The lowest BCUT2D eigenvalue weighted by atomic mass is 9.93. The van der Waals surface area contributed by atoms with Gasteiger partial charge in [0, 0.05) is 17.9 Å². The second-order valence-electron chi connectivity index (χ2n) is 5.42. The molecule has 1 amide bonds. The summed E-state index contributed by atoms with van der Waals surface area (Å²) in [6.07, 6.45) is -0.757. The highest BCUT2D eigenvalue weighted by atomic mass is 16.4. The molecule has 1 heterocycles. The van der Waals surface area contributed by atoms with Crippen molar-refractivity contribution in [3.63, 3.8) is 0 Å². The molecule has 1 rings (SSSR count). The van der Waals surface area contributed by atoms with E-state index in [0.717, 1.165) is 0 Å². The van der Waals surface area contributed by atoms with Crippen LogP contribution in [0.25, 0.3) is 0 Å². The number of hydrogen-bond acceptors (Lipinski definition) is 3. The minimum atomic E-state index is -1.05. The van der Waals surface area contributed by atoms with Crippen molar-refractivity contribution in [1.82, 2.24) is 4.90 Å². The van der Waals surface area contributed by atoms with Crippen molar-refractivity contribution in [2.24, 2.45) is 11.3 Å². The van der Waals surface area contributed by atoms with Gasteiger partial charge < -0.3 is 15.1 Å². The summed E-state index contributed by atoms with van der Waals surface area (Å²) in [6.45, 7) is 6.98. The third-order valence-corrected chi connectivity index (χ3v) is 2.98. The van der Waals surface area contributed by atoms with E-state index in [0.29, 0.717) is 0 Å². The minimum Gasteiger partial charge on any atom is -0.480 e. The normalized spacial score (nSPS) is 30.6. The Balaban J connectivity index is 2.96. The number of carbonyl (C=O) groups excluding carboxylic acids is 1. The molecule has 0 aromatic rings. The maximum atomic E-state index is 12.0. The van der Waals surface area contributed by atoms with E-state index in [2.05, 4.69) is 0 Å². The van der Waals surface area contributed by atoms with E-state index in [1.807, 2.05) is 0 Å². The predicted molar refractivity (Wildman–Crippen MR) is 57.8 cm³/mol. The van der Waals surface area contributed by atoms with Crippen LogP contribution in [0.4, 0.5) is 0 Å². The van der Waals surface area contributed by atoms with Crippen molar-refractivity contribution in [3.05, 3.63) is 0 Å². The second-order valence-corrected chi connectivity index (χ2v) is 5.42. The van der Waals surface area contributed by atoms with Crippen molar-refractivity contribution < 1.29 is 19.8 Å². The maximum Gasteiger partial charge on any atom is 0.326 e. The summed E-state index contributed by atoms with van der Waals surface area (Å²) in [5.41, 5.74) is -0.627. The molecule has 1 saturated heterocycles. The third kappa shape index (κ3) is 2.19. The van der Waals surface area contributed by atoms with Crippen LogP contribution in [0.1, 0.15) is 27.7 Å². The van der Waals surface area contributed by atoms with E-state index in [1.165, 1.54) is 4.90 Å². The minimum absolute atomic E-state index is 0.105. The summed E-state index contributed by atoms with van der Waals surface area (Å²) in [7, 11) is 0. The van der Waals surface area contributed by atoms with Gasteiger partial charge in [-0.3, -0.25) is 4.79 Å². The Hall–Kier alpha value is -1.10. The summed E-state index contributed by atoms with van der Waals surface area (Å²) < 4.78 is 0. The van der Waals surface area contributed by atoms with Gasteiger partial charge in [-0.15, -0.1) is 0 Å². The first-order valence-electron chi connectivity index (χ1n) is 5.38. The maximum absolute atomic E-state index is 12.0. The largest absolute Gasteiger partial charge is 0.480 e. The summed E-state index contributed by atoms with van der Waals surface area (Å²) in [4.78, 5) is 24.4. The van der Waals surface area contributed by atoms with Crippen LogP contribution in [-0.4, -0.2) is 45.7 Å². The first-order chi connectivity index (χ1) is 7.16. The third-order valence-electron chi connectivity index (χ3n) is 2.98. The van der Waals surface area contributed by atoms with Crippen LogP contribution in [0.3, 0.4) is 0 Å². The quantitative estimate of drug-likeness (QED) is 0.679. The van der Waals surface area contributed by atoms with E-state index in [9.17, 15) is 14.7 Å². The number of aliphatic hydroxyl groups excluding tert-OH is 1. The Bertz CT molecular complexity index is 308. The molecule has 1 aliphatic heterocycles. The summed E-state index contributed by atoms with van der Waals surface area (Å²) >= 11 is 0. The fourth-order valence-electron chi connectivity index (χ4n) is 1.97. The molecular formula is C11H19NO4. The Kier molecular flexibility index (Phi) is 3.28. The number of carboxylic acid groups (broad SMARTS) is 1. The van der Waals surface area contributed by atoms with E-state index in [1.54, 1.807) is 27.7 Å². The van der Waals surface area contributed by atoms with Gasteiger partial charge in [0.15, 0.2) is 0 Å². The molecule has 1 unspecified atom stereocenters. The molecular weight excluding hydrogens is 210 g/mol. The fourth-order valence-corrected chi connectivity index (χ4v) is 1.97. The molecule has 1 fully saturated rings. The standard InChI is InChI=1S/C11H19NO4/c1-6-7(13)5-12(8(6)9(14)15)10(16)11(2,3)4/h6-8,13H,5H2,1-4H3,(H,14,15)/t6?,7-,8+/m1/s1. The smallest absolute Gasteiger partial charge is 0.326 e. The molecule has 2 N–H and O–H groups in total. The summed E-state index contributed by atoms with van der Waals surface area (Å²) in [5, 5.41) is 18.7. The van der Waals surface area contributed by atoms with Gasteiger partial charge in [0.2, 0.25) is 5.91 Å². The lowest BCUT2D eigenvalue weighted by molar-refractivity contribution is -0.152. The molecule has 0 aromatic heterocycles. The Morgan fingerprint density at radius 1 is 1.31 bits per heavy atom. The molecule has 5 heteroatoms. The average Bonchev–Trinajstić information content (AvgIpc) is 2.40. The number of aliphatic hydroxyl groups is 1. The number of hydrogen-bond donors (Lipinski definition) is 2. The van der Waals surface area contributed by atoms with Crippen LogP contribution >= 0.6 is 0 Å². The Morgan fingerprint density at radius 3 is 2.19 bits per heavy atom. The number of likely N-dealkylation sites (tertiary alicyclic amines) is 1. The van der Waals surface area contributed by atoms with Crippen LogP contribution in [0, 0.1) is 11.3 Å². The average molecular weight is 229 g/mol. The lowest BCUT2D eigenvalue weighted by Gasteiger charge is -2.29. The molecule has 16 heavy (non-hydrogen) atoms. The second kappa shape index (κ2) is 4.05. The van der Waals surface area contributed by atoms with Crippen molar-refractivity contribution >= 4 is 11.9 Å². The SMILES string of the molecule is CC1[C@H](O)CN(C(=O)C(C)(C)C)[C@@H]1C(=O)O. The molecule has 92 valence electrons. The van der Waals surface area contributed by atoms with E-state index < -0.39 is 29.4 Å². The van der Waals surface area contributed by atoms with Crippen molar-refractivity contribution in [3.8, 4) is 0 Å². The highest BCUT2D eigenvalue weighted by Gasteiger charge is 2.47. The first kappa shape index (κ1) is 13.0. The van der Waals surface area contributed by atoms with Crippen LogP contribution in [0.15, 0.2) is 0 Å². The monoisotopic (exact) mass is 229 g/mol. The van der Waals surface area contributed by atoms with E-state index >= 15 is 0 Å². The van der Waals surface area contributed by atoms with Gasteiger partial charge in [0.05, 0.1) is 6.10 Å². The Morgan fingerprint density at radius 2 is 1.81 bits per heavy atom. The Labute approximate surface area is 95.1 Å². The van der Waals surface area contributed by atoms with Crippen LogP contribution in [-0.2, 0) is 9.59 Å². The zero-order valence-electron chi connectivity index (χ0n) is 10.1. The molecule has 0 saturated carbocycles. The van der Waals surface area contributed by atoms with Crippen molar-refractivity contribution in [2.45, 2.75) is 39.8 Å². The highest BCUT2D eigenvalue weighted by molar-refractivity contribution is 5.87. The number of amides is 1. The van der Waals surface area contributed by atoms with Gasteiger partial charge in [-0.2, -0.15) is 0 Å². The fraction of sp³-hybridized carbons (Fsp3) is 0.818. The summed E-state index contributed by atoms with van der Waals surface area (Å²) in [6, 6.07) is -0.915. The number of carboxylic acids is 1. The van der Waals surface area contributed by atoms with Crippen LogP contribution < -0.4 is 0 Å². The highest BCUT2D eigenvalue weighted by Crippen LogP contribution is 2.29. The van der Waals surface area contributed by atoms with Gasteiger partial charge in [-0.1, -0.05) is 27.7 Å². The predicted octanol–water partition coefficient (Wildman–Crippen LogP) is 0.325. The molecule has 0 aromatic carbocycles. The first-order valence-corrected chi connectivity index (χ1v) is 5.38. The van der Waals surface area contributed by atoms with Gasteiger partial charge in [0.25, 0.3) is 0 Å². The molecule has 0 bridgehead atoms. The van der Waals surface area contributed by atoms with Crippen LogP contribution in [0.2, 0.25) is 0 Å². The number of carbonyl (C=O) groups is 2. The van der Waals surface area contributed by atoms with E-state index in [4.69, 9.17) is 5.11 Å². The zero-order valence-corrected chi connectivity index (χ0v) is 10.1. The number of aliphatic carboxylic acids is 1. The number of rotatable bonds is 1. The molecule has 3 atom stereocenters. The lowest BCUT2D eigenvalue weighted by Crippen LogP contribution is -2.47. The van der Waals surface area contributed by atoms with Gasteiger partial charge in [-0.05, 0) is 0 Å². The topological polar surface area (TPSA) is 77.8 Å². The van der Waals surface area contributed by atoms with E-state index in [-0.39, 0.29) is 12.5 Å².